The van der Waals surface area contributed by atoms with Crippen LogP contribution in [0.2, 0.25) is 0 Å². The van der Waals surface area contributed by atoms with Gasteiger partial charge in [-0.1, -0.05) is 19.0 Å². The molecule has 2 aromatic rings. The molecule has 0 aliphatic rings. The van der Waals surface area contributed by atoms with Crippen LogP contribution < -0.4 is 5.73 Å². The Morgan fingerprint density at radius 3 is 2.83 bits per heavy atom. The van der Waals surface area contributed by atoms with E-state index in [0.29, 0.717) is 17.4 Å². The van der Waals surface area contributed by atoms with Crippen molar-refractivity contribution in [3.05, 3.63) is 18.1 Å². The van der Waals surface area contributed by atoms with E-state index in [2.05, 4.69) is 39.1 Å². The number of nitrogens with two attached hydrogens (primary N) is 1. The van der Waals surface area contributed by atoms with Crippen molar-refractivity contribution in [3.63, 3.8) is 0 Å². The predicted molar refractivity (Wildman–Crippen MR) is 66.6 cm³/mol. The van der Waals surface area contributed by atoms with Crippen LogP contribution in [-0.2, 0) is 0 Å². The Morgan fingerprint density at radius 1 is 1.44 bits per heavy atom. The molecule has 0 saturated heterocycles. The summed E-state index contributed by atoms with van der Waals surface area (Å²) in [5.74, 6) is 0.934. The van der Waals surface area contributed by atoms with Crippen LogP contribution in [-0.4, -0.2) is 44.9 Å². The summed E-state index contributed by atoms with van der Waals surface area (Å²) in [5.41, 5.74) is 6.76. The molecule has 2 heterocycles. The van der Waals surface area contributed by atoms with E-state index < -0.39 is 0 Å². The summed E-state index contributed by atoms with van der Waals surface area (Å²) in [4.78, 5) is 6.49. The van der Waals surface area contributed by atoms with Gasteiger partial charge in [0.2, 0.25) is 0 Å². The third-order valence-corrected chi connectivity index (χ3v) is 2.85. The van der Waals surface area contributed by atoms with Crippen molar-refractivity contribution in [1.29, 1.82) is 0 Å². The first kappa shape index (κ1) is 12.7. The number of H-pyrrole nitrogens is 1. The van der Waals surface area contributed by atoms with E-state index in [1.807, 2.05) is 0 Å². The van der Waals surface area contributed by atoms with Gasteiger partial charge in [0.05, 0.1) is 6.04 Å². The van der Waals surface area contributed by atoms with Crippen molar-refractivity contribution in [2.24, 2.45) is 5.73 Å². The van der Waals surface area contributed by atoms with E-state index in [-0.39, 0.29) is 6.04 Å². The molecule has 0 amide bonds. The Morgan fingerprint density at radius 2 is 2.22 bits per heavy atom. The number of hydrogen-bond acceptors (Lipinski definition) is 6. The molecule has 7 nitrogen and oxygen atoms in total. The van der Waals surface area contributed by atoms with Crippen molar-refractivity contribution in [2.45, 2.75) is 19.9 Å². The summed E-state index contributed by atoms with van der Waals surface area (Å²) in [7, 11) is 0. The fourth-order valence-electron chi connectivity index (χ4n) is 1.71. The molecule has 0 bridgehead atoms. The zero-order valence-corrected chi connectivity index (χ0v) is 10.6. The maximum absolute atomic E-state index is 6.06. The highest BCUT2D eigenvalue weighted by atomic mass is 16.5. The first-order valence-electron chi connectivity index (χ1n) is 6.05. The van der Waals surface area contributed by atoms with Crippen LogP contribution >= 0.6 is 0 Å². The van der Waals surface area contributed by atoms with Gasteiger partial charge in [-0.3, -0.25) is 5.10 Å². The molecule has 0 saturated carbocycles. The van der Waals surface area contributed by atoms with Crippen molar-refractivity contribution < 1.29 is 4.52 Å². The van der Waals surface area contributed by atoms with Gasteiger partial charge in [-0.05, 0) is 19.2 Å². The molecule has 0 fully saturated rings. The van der Waals surface area contributed by atoms with Crippen LogP contribution in [0.15, 0.2) is 16.8 Å². The lowest BCUT2D eigenvalue weighted by atomic mass is 10.2. The normalized spacial score (nSPS) is 13.1. The summed E-state index contributed by atoms with van der Waals surface area (Å²) in [6.45, 7) is 6.82. The second kappa shape index (κ2) is 5.74. The molecule has 18 heavy (non-hydrogen) atoms. The van der Waals surface area contributed by atoms with Crippen LogP contribution in [0.4, 0.5) is 0 Å². The van der Waals surface area contributed by atoms with Crippen LogP contribution in [0.3, 0.4) is 0 Å². The molecule has 98 valence electrons. The van der Waals surface area contributed by atoms with Gasteiger partial charge in [0.15, 0.2) is 5.82 Å². The Kier molecular flexibility index (Phi) is 4.06. The molecular weight excluding hydrogens is 232 g/mol. The molecule has 3 N–H and O–H groups in total. The number of rotatable bonds is 6. The van der Waals surface area contributed by atoms with Gasteiger partial charge < -0.3 is 15.2 Å². The lowest BCUT2D eigenvalue weighted by molar-refractivity contribution is 0.278. The summed E-state index contributed by atoms with van der Waals surface area (Å²) in [5, 5.41) is 10.5. The van der Waals surface area contributed by atoms with E-state index in [9.17, 15) is 0 Å². The van der Waals surface area contributed by atoms with E-state index in [1.165, 1.54) is 0 Å². The Bertz CT molecular complexity index is 462. The van der Waals surface area contributed by atoms with Gasteiger partial charge in [0.1, 0.15) is 5.69 Å². The molecule has 0 spiro atoms. The van der Waals surface area contributed by atoms with Gasteiger partial charge >= 0.3 is 0 Å². The van der Waals surface area contributed by atoms with E-state index >= 15 is 0 Å². The second-order valence-electron chi connectivity index (χ2n) is 4.02. The van der Waals surface area contributed by atoms with Crippen LogP contribution in [0, 0.1) is 0 Å². The van der Waals surface area contributed by atoms with Crippen LogP contribution in [0.1, 0.15) is 25.7 Å². The molecule has 1 atom stereocenters. The first-order valence-corrected chi connectivity index (χ1v) is 6.05. The minimum absolute atomic E-state index is 0.245. The maximum atomic E-state index is 6.06. The van der Waals surface area contributed by atoms with E-state index in [1.54, 1.807) is 12.3 Å². The summed E-state index contributed by atoms with van der Waals surface area (Å²) >= 11 is 0. The number of likely N-dealkylation sites (N-methyl/N-ethyl adjacent to an activating group) is 1. The van der Waals surface area contributed by atoms with Crippen molar-refractivity contribution in [2.75, 3.05) is 19.6 Å². The Balaban J connectivity index is 2.05. The van der Waals surface area contributed by atoms with Gasteiger partial charge in [0.25, 0.3) is 5.89 Å². The van der Waals surface area contributed by atoms with Crippen LogP contribution in [0.5, 0.6) is 0 Å². The smallest absolute Gasteiger partial charge is 0.275 e. The zero-order valence-electron chi connectivity index (χ0n) is 10.6. The van der Waals surface area contributed by atoms with Crippen molar-refractivity contribution >= 4 is 0 Å². The predicted octanol–water partition coefficient (Wildman–Crippen LogP) is 0.801. The fraction of sp³-hybridized carbons (Fsp3) is 0.545. The second-order valence-corrected chi connectivity index (χ2v) is 4.02. The average Bonchev–Trinajstić information content (AvgIpc) is 3.04. The molecule has 0 aromatic carbocycles. The largest absolute Gasteiger partial charge is 0.332 e. The fourth-order valence-corrected chi connectivity index (χ4v) is 1.71. The molecular formula is C11H18N6O. The summed E-state index contributed by atoms with van der Waals surface area (Å²) in [6, 6.07) is 1.53. The number of nitrogens with zero attached hydrogens (tertiary/aromatic N) is 4. The Labute approximate surface area is 105 Å². The van der Waals surface area contributed by atoms with Crippen molar-refractivity contribution in [1.82, 2.24) is 25.2 Å². The highest BCUT2D eigenvalue weighted by Crippen LogP contribution is 2.16. The topological polar surface area (TPSA) is 96.9 Å². The lowest BCUT2D eigenvalue weighted by Crippen LogP contribution is -2.32. The quantitative estimate of drug-likeness (QED) is 0.787. The standard InChI is InChI=1S/C11H18N6O/c1-3-17(4-2)7-8(12)10-14-11(18-16-10)9-5-6-13-15-9/h5-6,8H,3-4,7,12H2,1-2H3,(H,13,15). The lowest BCUT2D eigenvalue weighted by Gasteiger charge is -2.20. The summed E-state index contributed by atoms with van der Waals surface area (Å²) in [6.07, 6.45) is 1.63. The summed E-state index contributed by atoms with van der Waals surface area (Å²) < 4.78 is 5.15. The monoisotopic (exact) mass is 250 g/mol. The molecule has 1 unspecified atom stereocenters. The third kappa shape index (κ3) is 2.74. The third-order valence-electron chi connectivity index (χ3n) is 2.85. The highest BCUT2D eigenvalue weighted by molar-refractivity contribution is 5.44. The number of aromatic amines is 1. The number of nitrogens with one attached hydrogen (secondary N) is 1. The minimum Gasteiger partial charge on any atom is -0.332 e. The highest BCUT2D eigenvalue weighted by Gasteiger charge is 2.17. The molecule has 7 heteroatoms. The van der Waals surface area contributed by atoms with Gasteiger partial charge in [0, 0.05) is 12.7 Å². The SMILES string of the molecule is CCN(CC)CC(N)c1noc(-c2ccn[nH]2)n1. The van der Waals surface area contributed by atoms with E-state index in [4.69, 9.17) is 10.3 Å². The van der Waals surface area contributed by atoms with E-state index in [0.717, 1.165) is 19.6 Å². The van der Waals surface area contributed by atoms with Crippen LogP contribution in [0.25, 0.3) is 11.6 Å². The van der Waals surface area contributed by atoms with Gasteiger partial charge in [-0.15, -0.1) is 0 Å². The minimum atomic E-state index is -0.245. The maximum Gasteiger partial charge on any atom is 0.275 e. The molecule has 2 aromatic heterocycles. The molecule has 0 radical (unpaired) electrons. The average molecular weight is 250 g/mol. The first-order chi connectivity index (χ1) is 8.74. The zero-order chi connectivity index (χ0) is 13.0. The number of aromatic nitrogens is 4. The molecule has 0 aliphatic heterocycles. The van der Waals surface area contributed by atoms with Crippen molar-refractivity contribution in [3.8, 4) is 11.6 Å². The number of hydrogen-bond donors (Lipinski definition) is 2. The molecule has 0 aliphatic carbocycles. The van der Waals surface area contributed by atoms with Gasteiger partial charge in [-0.2, -0.15) is 10.1 Å². The molecule has 2 rings (SSSR count). The Hall–Kier alpha value is -1.73. The van der Waals surface area contributed by atoms with Gasteiger partial charge in [-0.25, -0.2) is 0 Å².